The first kappa shape index (κ1) is 21.8. The van der Waals surface area contributed by atoms with Gasteiger partial charge in [0.1, 0.15) is 11.5 Å². The normalized spacial score (nSPS) is 30.4. The van der Waals surface area contributed by atoms with Crippen molar-refractivity contribution in [3.8, 4) is 5.75 Å². The average Bonchev–Trinajstić information content (AvgIpc) is 3.68. The summed E-state index contributed by atoms with van der Waals surface area (Å²) in [4.78, 5) is 13.2. The van der Waals surface area contributed by atoms with Crippen molar-refractivity contribution < 1.29 is 9.52 Å². The first-order valence-electron chi connectivity index (χ1n) is 12.7. The van der Waals surface area contributed by atoms with E-state index in [4.69, 9.17) is 4.42 Å². The molecule has 3 aliphatic rings. The molecule has 6 unspecified atom stereocenters. The maximum atomic E-state index is 13.2. The van der Waals surface area contributed by atoms with Gasteiger partial charge in [0.25, 0.3) is 0 Å². The van der Waals surface area contributed by atoms with E-state index in [1.165, 1.54) is 12.8 Å². The number of hydrogen-bond acceptors (Lipinski definition) is 3. The molecule has 172 valence electrons. The van der Waals surface area contributed by atoms with Crippen LogP contribution in [0.4, 0.5) is 0 Å². The van der Waals surface area contributed by atoms with Gasteiger partial charge >= 0.3 is 5.63 Å². The van der Waals surface area contributed by atoms with Gasteiger partial charge in [-0.3, -0.25) is 0 Å². The third-order valence-corrected chi connectivity index (χ3v) is 9.26. The predicted molar refractivity (Wildman–Crippen MR) is 128 cm³/mol. The molecule has 1 N–H and O–H groups in total. The van der Waals surface area contributed by atoms with Crippen molar-refractivity contribution >= 4 is 0 Å². The smallest absolute Gasteiger partial charge is 0.343 e. The molecule has 1 aromatic heterocycles. The van der Waals surface area contributed by atoms with Gasteiger partial charge in [0.15, 0.2) is 0 Å². The van der Waals surface area contributed by atoms with E-state index >= 15 is 0 Å². The SMILES string of the molecule is CCC(CC1C(C)CCC2C1C2(C)C)c1cc(O)c(C(c2ccccc2)C2CC2)c(=O)o1. The molecule has 0 amide bonds. The molecule has 1 heterocycles. The molecule has 0 saturated heterocycles. The lowest BCUT2D eigenvalue weighted by molar-refractivity contribution is 0.197. The van der Waals surface area contributed by atoms with Crippen molar-refractivity contribution in [2.75, 3.05) is 0 Å². The Labute approximate surface area is 192 Å². The lowest BCUT2D eigenvalue weighted by atomic mass is 9.74. The van der Waals surface area contributed by atoms with E-state index < -0.39 is 0 Å². The minimum atomic E-state index is -0.347. The fraction of sp³-hybridized carbons (Fsp3) is 0.621. The van der Waals surface area contributed by atoms with Gasteiger partial charge in [-0.2, -0.15) is 0 Å². The Morgan fingerprint density at radius 3 is 2.47 bits per heavy atom. The van der Waals surface area contributed by atoms with Gasteiger partial charge in [-0.15, -0.1) is 0 Å². The van der Waals surface area contributed by atoms with Gasteiger partial charge in [-0.05, 0) is 72.7 Å². The van der Waals surface area contributed by atoms with Crippen LogP contribution >= 0.6 is 0 Å². The second-order valence-electron chi connectivity index (χ2n) is 11.5. The molecule has 32 heavy (non-hydrogen) atoms. The summed E-state index contributed by atoms with van der Waals surface area (Å²) in [6.45, 7) is 9.43. The molecule has 0 aliphatic heterocycles. The average molecular weight is 435 g/mol. The third kappa shape index (κ3) is 3.72. The molecule has 3 saturated carbocycles. The number of rotatable bonds is 7. The first-order chi connectivity index (χ1) is 15.3. The Bertz CT molecular complexity index is 1020. The van der Waals surface area contributed by atoms with E-state index in [-0.39, 0.29) is 23.2 Å². The zero-order chi connectivity index (χ0) is 22.6. The lowest BCUT2D eigenvalue weighted by Crippen LogP contribution is -2.23. The largest absolute Gasteiger partial charge is 0.507 e. The molecule has 3 nitrogen and oxygen atoms in total. The minimum Gasteiger partial charge on any atom is -0.507 e. The van der Waals surface area contributed by atoms with Crippen molar-refractivity contribution in [3.05, 3.63) is 63.7 Å². The number of fused-ring (bicyclic) bond motifs is 1. The number of benzene rings is 1. The topological polar surface area (TPSA) is 50.4 Å². The fourth-order valence-electron chi connectivity index (χ4n) is 7.15. The molecule has 0 radical (unpaired) electrons. The van der Waals surface area contributed by atoms with Crippen LogP contribution in [0, 0.1) is 35.0 Å². The molecule has 3 heteroatoms. The monoisotopic (exact) mass is 434 g/mol. The highest BCUT2D eigenvalue weighted by Gasteiger charge is 2.62. The summed E-state index contributed by atoms with van der Waals surface area (Å²) in [6.07, 6.45) is 6.83. The second kappa shape index (κ2) is 8.08. The van der Waals surface area contributed by atoms with E-state index in [1.807, 2.05) is 18.2 Å². The summed E-state index contributed by atoms with van der Waals surface area (Å²) >= 11 is 0. The van der Waals surface area contributed by atoms with Crippen LogP contribution in [-0.2, 0) is 0 Å². The van der Waals surface area contributed by atoms with E-state index in [0.29, 0.717) is 34.5 Å². The van der Waals surface area contributed by atoms with Crippen molar-refractivity contribution in [1.82, 2.24) is 0 Å². The summed E-state index contributed by atoms with van der Waals surface area (Å²) in [5.74, 6) is 4.34. The maximum absolute atomic E-state index is 13.2. The van der Waals surface area contributed by atoms with Crippen LogP contribution in [0.5, 0.6) is 5.75 Å². The quantitative estimate of drug-likeness (QED) is 0.506. The standard InChI is InChI=1S/C29H38O3/c1-5-18(15-21-17(2)11-14-22-27(21)29(22,3)4)24-16-23(30)26(28(31)32-24)25(20-12-13-20)19-9-7-6-8-10-19/h6-10,16-18,20-22,25,27,30H,5,11-15H2,1-4H3. The predicted octanol–water partition coefficient (Wildman–Crippen LogP) is 7.09. The van der Waals surface area contributed by atoms with Gasteiger partial charge in [0, 0.05) is 17.9 Å². The Morgan fingerprint density at radius 1 is 1.12 bits per heavy atom. The van der Waals surface area contributed by atoms with Gasteiger partial charge in [0.05, 0.1) is 5.56 Å². The van der Waals surface area contributed by atoms with Crippen molar-refractivity contribution in [2.45, 2.75) is 78.1 Å². The molecule has 5 rings (SSSR count). The Morgan fingerprint density at radius 2 is 1.84 bits per heavy atom. The molecule has 1 aromatic carbocycles. The molecule has 6 atom stereocenters. The highest BCUT2D eigenvalue weighted by molar-refractivity contribution is 5.41. The molecule has 0 spiro atoms. The van der Waals surface area contributed by atoms with E-state index in [9.17, 15) is 9.90 Å². The van der Waals surface area contributed by atoms with Crippen LogP contribution in [0.3, 0.4) is 0 Å². The Kier molecular flexibility index (Phi) is 5.50. The zero-order valence-electron chi connectivity index (χ0n) is 20.0. The highest BCUT2D eigenvalue weighted by atomic mass is 16.4. The van der Waals surface area contributed by atoms with Gasteiger partial charge < -0.3 is 9.52 Å². The van der Waals surface area contributed by atoms with Gasteiger partial charge in [-0.25, -0.2) is 4.79 Å². The zero-order valence-corrected chi connectivity index (χ0v) is 20.0. The highest BCUT2D eigenvalue weighted by Crippen LogP contribution is 2.69. The van der Waals surface area contributed by atoms with E-state index in [0.717, 1.165) is 43.1 Å². The molecular formula is C29H38O3. The molecule has 3 fully saturated rings. The van der Waals surface area contributed by atoms with Crippen LogP contribution < -0.4 is 5.63 Å². The summed E-state index contributed by atoms with van der Waals surface area (Å²) < 4.78 is 5.98. The third-order valence-electron chi connectivity index (χ3n) is 9.26. The van der Waals surface area contributed by atoms with Crippen LogP contribution in [0.15, 0.2) is 45.6 Å². The van der Waals surface area contributed by atoms with E-state index in [1.54, 1.807) is 6.07 Å². The summed E-state index contributed by atoms with van der Waals surface area (Å²) in [5.41, 5.74) is 1.65. The fourth-order valence-corrected chi connectivity index (χ4v) is 7.15. The summed E-state index contributed by atoms with van der Waals surface area (Å²) in [5, 5.41) is 11.1. The summed E-state index contributed by atoms with van der Waals surface area (Å²) in [7, 11) is 0. The van der Waals surface area contributed by atoms with Crippen molar-refractivity contribution in [2.24, 2.45) is 35.0 Å². The molecule has 3 aliphatic carbocycles. The second-order valence-corrected chi connectivity index (χ2v) is 11.5. The van der Waals surface area contributed by atoms with Crippen LogP contribution in [0.25, 0.3) is 0 Å². The van der Waals surface area contributed by atoms with Gasteiger partial charge in [0.2, 0.25) is 0 Å². The number of hydrogen-bond donors (Lipinski definition) is 1. The summed E-state index contributed by atoms with van der Waals surface area (Å²) in [6, 6.07) is 11.9. The van der Waals surface area contributed by atoms with Crippen LogP contribution in [0.1, 0.15) is 94.9 Å². The van der Waals surface area contributed by atoms with Gasteiger partial charge in [-0.1, -0.05) is 64.4 Å². The molecule has 2 aromatic rings. The van der Waals surface area contributed by atoms with Crippen LogP contribution in [0.2, 0.25) is 0 Å². The Hall–Kier alpha value is -2.03. The minimum absolute atomic E-state index is 0.0760. The van der Waals surface area contributed by atoms with Crippen molar-refractivity contribution in [1.29, 1.82) is 0 Å². The lowest BCUT2D eigenvalue weighted by Gasteiger charge is -2.31. The van der Waals surface area contributed by atoms with Crippen LogP contribution in [-0.4, -0.2) is 5.11 Å². The molecular weight excluding hydrogens is 396 g/mol. The first-order valence-corrected chi connectivity index (χ1v) is 12.7. The van der Waals surface area contributed by atoms with E-state index in [2.05, 4.69) is 39.8 Å². The Balaban J connectivity index is 1.44. The molecule has 0 bridgehead atoms. The van der Waals surface area contributed by atoms with Crippen molar-refractivity contribution in [3.63, 3.8) is 0 Å². The number of aromatic hydroxyl groups is 1. The maximum Gasteiger partial charge on any atom is 0.343 e.